The molecule has 2 unspecified atom stereocenters. The second-order valence-electron chi connectivity index (χ2n) is 4.18. The Morgan fingerprint density at radius 2 is 2.43 bits per heavy atom. The van der Waals surface area contributed by atoms with Crippen molar-refractivity contribution in [3.63, 3.8) is 0 Å². The third-order valence-corrected chi connectivity index (χ3v) is 2.89. The Morgan fingerprint density at radius 1 is 1.71 bits per heavy atom. The summed E-state index contributed by atoms with van der Waals surface area (Å²) in [4.78, 5) is 12.6. The lowest BCUT2D eigenvalue weighted by atomic mass is 10.1. The van der Waals surface area contributed by atoms with Crippen molar-refractivity contribution in [2.45, 2.75) is 38.3 Å². The molecule has 14 heavy (non-hydrogen) atoms. The van der Waals surface area contributed by atoms with Gasteiger partial charge in [-0.15, -0.1) is 0 Å². The van der Waals surface area contributed by atoms with Gasteiger partial charge in [0.1, 0.15) is 0 Å². The number of nitrogens with one attached hydrogen (secondary N) is 1. The number of rotatable bonds is 5. The maximum absolute atomic E-state index is 10.5. The van der Waals surface area contributed by atoms with E-state index in [1.54, 1.807) is 0 Å². The second kappa shape index (κ2) is 5.32. The zero-order valence-electron chi connectivity index (χ0n) is 8.99. The van der Waals surface area contributed by atoms with Gasteiger partial charge >= 0.3 is 5.97 Å². The highest BCUT2D eigenvalue weighted by Gasteiger charge is 2.19. The molecule has 0 radical (unpaired) electrons. The number of nitrogens with zero attached hydrogens (tertiary/aromatic N) is 1. The molecule has 2 N–H and O–H groups in total. The van der Waals surface area contributed by atoms with E-state index in [1.807, 2.05) is 14.0 Å². The molecule has 0 spiro atoms. The zero-order valence-corrected chi connectivity index (χ0v) is 8.99. The summed E-state index contributed by atoms with van der Waals surface area (Å²) in [5.74, 6) is -0.719. The van der Waals surface area contributed by atoms with Crippen LogP contribution in [0.25, 0.3) is 0 Å². The van der Waals surface area contributed by atoms with Gasteiger partial charge in [0.15, 0.2) is 0 Å². The van der Waals surface area contributed by atoms with E-state index in [4.69, 9.17) is 5.11 Å². The molecule has 4 heteroatoms. The lowest BCUT2D eigenvalue weighted by Gasteiger charge is -2.26. The molecule has 0 aliphatic carbocycles. The van der Waals surface area contributed by atoms with E-state index < -0.39 is 5.97 Å². The third-order valence-electron chi connectivity index (χ3n) is 2.89. The fourth-order valence-electron chi connectivity index (χ4n) is 1.85. The van der Waals surface area contributed by atoms with E-state index in [9.17, 15) is 4.79 Å². The van der Waals surface area contributed by atoms with Crippen molar-refractivity contribution >= 4 is 5.97 Å². The van der Waals surface area contributed by atoms with Crippen LogP contribution in [0, 0.1) is 0 Å². The Bertz CT molecular complexity index is 191. The van der Waals surface area contributed by atoms with Crippen LogP contribution in [-0.4, -0.2) is 48.2 Å². The van der Waals surface area contributed by atoms with E-state index in [0.29, 0.717) is 6.04 Å². The van der Waals surface area contributed by atoms with Crippen LogP contribution < -0.4 is 5.32 Å². The average Bonchev–Trinajstić information content (AvgIpc) is 2.55. The normalized spacial score (nSPS) is 24.1. The van der Waals surface area contributed by atoms with Gasteiger partial charge in [0.25, 0.3) is 0 Å². The largest absolute Gasteiger partial charge is 0.481 e. The van der Waals surface area contributed by atoms with E-state index in [1.165, 1.54) is 12.8 Å². The topological polar surface area (TPSA) is 52.6 Å². The van der Waals surface area contributed by atoms with Gasteiger partial charge in [-0.2, -0.15) is 0 Å². The maximum Gasteiger partial charge on any atom is 0.304 e. The molecule has 0 amide bonds. The molecule has 82 valence electrons. The fourth-order valence-corrected chi connectivity index (χ4v) is 1.85. The third kappa shape index (κ3) is 3.64. The van der Waals surface area contributed by atoms with Crippen molar-refractivity contribution in [1.82, 2.24) is 10.2 Å². The summed E-state index contributed by atoms with van der Waals surface area (Å²) in [6, 6.07) is 0.672. The Kier molecular flexibility index (Phi) is 4.35. The van der Waals surface area contributed by atoms with Crippen LogP contribution in [0.3, 0.4) is 0 Å². The molecule has 0 bridgehead atoms. The van der Waals surface area contributed by atoms with E-state index in [-0.39, 0.29) is 12.5 Å². The molecule has 1 rings (SSSR count). The standard InChI is InChI=1S/C10H20N2O2/c1-8(6-10(13)14)12(2)7-9-4-3-5-11-9/h8-9,11H,3-7H2,1-2H3,(H,13,14). The van der Waals surface area contributed by atoms with Crippen molar-refractivity contribution < 1.29 is 9.90 Å². The maximum atomic E-state index is 10.5. The van der Waals surface area contributed by atoms with Crippen LogP contribution in [0.4, 0.5) is 0 Å². The second-order valence-corrected chi connectivity index (χ2v) is 4.18. The number of likely N-dealkylation sites (N-methyl/N-ethyl adjacent to an activating group) is 1. The predicted octanol–water partition coefficient (Wildman–Crippen LogP) is 0.533. The molecular formula is C10H20N2O2. The first-order valence-electron chi connectivity index (χ1n) is 5.25. The van der Waals surface area contributed by atoms with Crippen LogP contribution in [-0.2, 0) is 4.79 Å². The number of carbonyl (C=O) groups is 1. The van der Waals surface area contributed by atoms with Crippen LogP contribution in [0.1, 0.15) is 26.2 Å². The van der Waals surface area contributed by atoms with Crippen molar-refractivity contribution in [2.24, 2.45) is 0 Å². The smallest absolute Gasteiger partial charge is 0.304 e. The average molecular weight is 200 g/mol. The minimum absolute atomic E-state index is 0.120. The molecule has 0 saturated carbocycles. The highest BCUT2D eigenvalue weighted by molar-refractivity contribution is 5.67. The Balaban J connectivity index is 2.25. The van der Waals surface area contributed by atoms with Gasteiger partial charge in [-0.1, -0.05) is 0 Å². The molecule has 2 atom stereocenters. The molecule has 1 aliphatic rings. The first kappa shape index (κ1) is 11.5. The van der Waals surface area contributed by atoms with Gasteiger partial charge in [0, 0.05) is 18.6 Å². The van der Waals surface area contributed by atoms with Crippen LogP contribution in [0.2, 0.25) is 0 Å². The minimum Gasteiger partial charge on any atom is -0.481 e. The fraction of sp³-hybridized carbons (Fsp3) is 0.900. The number of carboxylic acid groups (broad SMARTS) is 1. The molecule has 0 aromatic carbocycles. The number of aliphatic carboxylic acids is 1. The van der Waals surface area contributed by atoms with Gasteiger partial charge in [-0.3, -0.25) is 4.79 Å². The van der Waals surface area contributed by atoms with Gasteiger partial charge in [0.05, 0.1) is 6.42 Å². The summed E-state index contributed by atoms with van der Waals surface area (Å²) in [5, 5.41) is 12.1. The Labute approximate surface area is 85.3 Å². The lowest BCUT2D eigenvalue weighted by Crippen LogP contribution is -2.40. The number of carboxylic acids is 1. The summed E-state index contributed by atoms with van der Waals surface area (Å²) in [6.45, 7) is 4.02. The molecule has 1 heterocycles. The quantitative estimate of drug-likeness (QED) is 0.680. The summed E-state index contributed by atoms with van der Waals surface area (Å²) in [7, 11) is 1.99. The molecule has 1 saturated heterocycles. The summed E-state index contributed by atoms with van der Waals surface area (Å²) >= 11 is 0. The monoisotopic (exact) mass is 200 g/mol. The van der Waals surface area contributed by atoms with Crippen molar-refractivity contribution in [1.29, 1.82) is 0 Å². The van der Waals surface area contributed by atoms with E-state index in [2.05, 4.69) is 10.2 Å². The molecule has 0 aromatic heterocycles. The molecule has 1 aliphatic heterocycles. The molecular weight excluding hydrogens is 180 g/mol. The van der Waals surface area contributed by atoms with Crippen molar-refractivity contribution in [3.8, 4) is 0 Å². The predicted molar refractivity (Wildman–Crippen MR) is 55.4 cm³/mol. The van der Waals surface area contributed by atoms with Gasteiger partial charge in [-0.25, -0.2) is 0 Å². The Hall–Kier alpha value is -0.610. The van der Waals surface area contributed by atoms with Crippen LogP contribution in [0.5, 0.6) is 0 Å². The molecule has 0 aromatic rings. The minimum atomic E-state index is -0.719. The molecule has 4 nitrogen and oxygen atoms in total. The number of hydrogen-bond acceptors (Lipinski definition) is 3. The lowest BCUT2D eigenvalue weighted by molar-refractivity contribution is -0.138. The van der Waals surface area contributed by atoms with E-state index in [0.717, 1.165) is 13.1 Å². The van der Waals surface area contributed by atoms with Crippen LogP contribution >= 0.6 is 0 Å². The van der Waals surface area contributed by atoms with Gasteiger partial charge < -0.3 is 15.3 Å². The van der Waals surface area contributed by atoms with Crippen LogP contribution in [0.15, 0.2) is 0 Å². The van der Waals surface area contributed by atoms with Crippen molar-refractivity contribution in [2.75, 3.05) is 20.1 Å². The highest BCUT2D eigenvalue weighted by Crippen LogP contribution is 2.09. The summed E-state index contributed by atoms with van der Waals surface area (Å²) in [5.41, 5.74) is 0. The van der Waals surface area contributed by atoms with E-state index >= 15 is 0 Å². The SMILES string of the molecule is CC(CC(=O)O)N(C)CC1CCCN1. The summed E-state index contributed by atoms with van der Waals surface area (Å²) in [6.07, 6.45) is 2.68. The highest BCUT2D eigenvalue weighted by atomic mass is 16.4. The first-order valence-corrected chi connectivity index (χ1v) is 5.25. The van der Waals surface area contributed by atoms with Crippen molar-refractivity contribution in [3.05, 3.63) is 0 Å². The summed E-state index contributed by atoms with van der Waals surface area (Å²) < 4.78 is 0. The molecule has 1 fully saturated rings. The zero-order chi connectivity index (χ0) is 10.6. The Morgan fingerprint density at radius 3 is 2.93 bits per heavy atom. The van der Waals surface area contributed by atoms with Gasteiger partial charge in [0.2, 0.25) is 0 Å². The number of hydrogen-bond donors (Lipinski definition) is 2. The first-order chi connectivity index (χ1) is 6.59. The van der Waals surface area contributed by atoms with Gasteiger partial charge in [-0.05, 0) is 33.4 Å².